The quantitative estimate of drug-likeness (QED) is 0.699. The number of hydrogen-bond acceptors (Lipinski definition) is 4. The molecule has 1 fully saturated rings. The second-order valence-electron chi connectivity index (χ2n) is 6.75. The first-order chi connectivity index (χ1) is 12.7. The first-order valence-corrected chi connectivity index (χ1v) is 9.31. The number of carbonyl (C=O) groups is 1. The van der Waals surface area contributed by atoms with E-state index in [9.17, 15) is 4.79 Å². The number of piperidine rings is 1. The van der Waals surface area contributed by atoms with Gasteiger partial charge in [-0.05, 0) is 37.9 Å². The summed E-state index contributed by atoms with van der Waals surface area (Å²) in [6.07, 6.45) is 1.65. The molecule has 0 unspecified atom stereocenters. The van der Waals surface area contributed by atoms with Gasteiger partial charge in [0.2, 0.25) is 5.60 Å². The Bertz CT molecular complexity index is 661. The lowest BCUT2D eigenvalue weighted by atomic mass is 9.85. The van der Waals surface area contributed by atoms with Crippen molar-refractivity contribution in [1.82, 2.24) is 4.90 Å². The van der Waals surface area contributed by atoms with Crippen molar-refractivity contribution in [2.45, 2.75) is 31.5 Å². The molecule has 146 valence electrons. The molecule has 1 aliphatic rings. The van der Waals surface area contributed by atoms with Gasteiger partial charge in [0.25, 0.3) is 0 Å². The van der Waals surface area contributed by atoms with Crippen LogP contribution in [0.5, 0.6) is 0 Å². The third-order valence-corrected chi connectivity index (χ3v) is 4.95. The summed E-state index contributed by atoms with van der Waals surface area (Å²) >= 11 is 0. The Morgan fingerprint density at radius 2 is 1.48 bits per heavy atom. The maximum absolute atomic E-state index is 13.4. The zero-order valence-corrected chi connectivity index (χ0v) is 16.8. The van der Waals surface area contributed by atoms with E-state index in [1.807, 2.05) is 67.6 Å². The fourth-order valence-electron chi connectivity index (χ4n) is 3.53. The average Bonchev–Trinajstić information content (AvgIpc) is 2.69. The maximum atomic E-state index is 13.4. The summed E-state index contributed by atoms with van der Waals surface area (Å²) in [5.41, 5.74) is 0.359. The van der Waals surface area contributed by atoms with Crippen molar-refractivity contribution in [2.75, 3.05) is 26.7 Å². The predicted octanol–water partition coefficient (Wildman–Crippen LogP) is 4.03. The number of hydrogen-bond donors (Lipinski definition) is 0. The van der Waals surface area contributed by atoms with Crippen LogP contribution < -0.4 is 0 Å². The lowest BCUT2D eigenvalue weighted by molar-refractivity contribution is -0.175. The Kier molecular flexibility index (Phi) is 7.84. The summed E-state index contributed by atoms with van der Waals surface area (Å²) in [6.45, 7) is 4.20. The summed E-state index contributed by atoms with van der Waals surface area (Å²) in [4.78, 5) is 15.7. The molecule has 0 N–H and O–H groups in total. The van der Waals surface area contributed by atoms with Crippen molar-refractivity contribution in [1.29, 1.82) is 0 Å². The van der Waals surface area contributed by atoms with E-state index in [2.05, 4.69) is 11.9 Å². The molecule has 0 aliphatic carbocycles. The molecule has 0 radical (unpaired) electrons. The highest BCUT2D eigenvalue weighted by molar-refractivity contribution is 5.86. The van der Waals surface area contributed by atoms with E-state index in [0.717, 1.165) is 37.1 Å². The third kappa shape index (κ3) is 4.70. The van der Waals surface area contributed by atoms with Crippen molar-refractivity contribution in [3.05, 3.63) is 71.8 Å². The van der Waals surface area contributed by atoms with Gasteiger partial charge in [0.1, 0.15) is 6.10 Å². The molecule has 0 spiro atoms. The Balaban J connectivity index is 0.00000261. The molecular formula is C22H28ClNO3. The summed E-state index contributed by atoms with van der Waals surface area (Å²) in [6, 6.07) is 19.3. The molecule has 4 nitrogen and oxygen atoms in total. The minimum Gasteiger partial charge on any atom is -0.460 e. The summed E-state index contributed by atoms with van der Waals surface area (Å²) in [5, 5.41) is 0. The molecule has 0 bridgehead atoms. The molecule has 0 aromatic heterocycles. The van der Waals surface area contributed by atoms with Gasteiger partial charge in [0, 0.05) is 19.7 Å². The fraction of sp³-hybridized carbons (Fsp3) is 0.409. The van der Waals surface area contributed by atoms with E-state index in [-0.39, 0.29) is 24.5 Å². The van der Waals surface area contributed by atoms with Crippen LogP contribution in [0.15, 0.2) is 60.7 Å². The highest BCUT2D eigenvalue weighted by Crippen LogP contribution is 2.36. The number of ether oxygens (including phenoxy) is 2. The summed E-state index contributed by atoms with van der Waals surface area (Å²) in [5.74, 6) is -0.327. The van der Waals surface area contributed by atoms with Crippen LogP contribution in [0.1, 0.15) is 30.9 Å². The molecule has 3 rings (SSSR count). The first kappa shape index (κ1) is 21.4. The SMILES string of the molecule is CCOC(C(=O)OC1CCN(C)CC1)(c1ccccc1)c1ccccc1.Cl. The molecule has 1 saturated heterocycles. The number of esters is 1. The highest BCUT2D eigenvalue weighted by atomic mass is 35.5. The van der Waals surface area contributed by atoms with Gasteiger partial charge in [0.15, 0.2) is 0 Å². The number of nitrogens with zero attached hydrogens (tertiary/aromatic N) is 1. The van der Waals surface area contributed by atoms with E-state index in [4.69, 9.17) is 9.47 Å². The van der Waals surface area contributed by atoms with Crippen LogP contribution in [0.4, 0.5) is 0 Å². The number of benzene rings is 2. The van der Waals surface area contributed by atoms with Crippen LogP contribution in [0.2, 0.25) is 0 Å². The molecule has 1 aliphatic heterocycles. The molecule has 27 heavy (non-hydrogen) atoms. The van der Waals surface area contributed by atoms with Crippen LogP contribution in [0, 0.1) is 0 Å². The van der Waals surface area contributed by atoms with Gasteiger partial charge >= 0.3 is 5.97 Å². The Labute approximate surface area is 167 Å². The van der Waals surface area contributed by atoms with E-state index >= 15 is 0 Å². The van der Waals surface area contributed by atoms with Gasteiger partial charge in [-0.15, -0.1) is 12.4 Å². The molecule has 0 saturated carbocycles. The van der Waals surface area contributed by atoms with Gasteiger partial charge in [0.05, 0.1) is 0 Å². The lowest BCUT2D eigenvalue weighted by Gasteiger charge is -2.35. The van der Waals surface area contributed by atoms with Gasteiger partial charge in [-0.3, -0.25) is 0 Å². The van der Waals surface area contributed by atoms with Crippen molar-refractivity contribution in [2.24, 2.45) is 0 Å². The van der Waals surface area contributed by atoms with Gasteiger partial charge in [-0.2, -0.15) is 0 Å². The molecule has 2 aromatic rings. The van der Waals surface area contributed by atoms with Crippen molar-refractivity contribution in [3.8, 4) is 0 Å². The third-order valence-electron chi connectivity index (χ3n) is 4.95. The Morgan fingerprint density at radius 3 is 1.93 bits per heavy atom. The van der Waals surface area contributed by atoms with Crippen LogP contribution in [-0.4, -0.2) is 43.7 Å². The highest BCUT2D eigenvalue weighted by Gasteiger charge is 2.45. The van der Waals surface area contributed by atoms with Crippen molar-refractivity contribution >= 4 is 18.4 Å². The van der Waals surface area contributed by atoms with E-state index in [0.29, 0.717) is 6.61 Å². The number of halogens is 1. The monoisotopic (exact) mass is 389 g/mol. The van der Waals surface area contributed by atoms with Gasteiger partial charge < -0.3 is 14.4 Å². The number of likely N-dealkylation sites (tertiary alicyclic amines) is 1. The second kappa shape index (κ2) is 9.88. The molecular weight excluding hydrogens is 362 g/mol. The Morgan fingerprint density at radius 1 is 1.00 bits per heavy atom. The maximum Gasteiger partial charge on any atom is 0.348 e. The van der Waals surface area contributed by atoms with Crippen LogP contribution >= 0.6 is 12.4 Å². The summed E-state index contributed by atoms with van der Waals surface area (Å²) in [7, 11) is 2.09. The first-order valence-electron chi connectivity index (χ1n) is 9.31. The van der Waals surface area contributed by atoms with Crippen molar-refractivity contribution in [3.63, 3.8) is 0 Å². The molecule has 1 heterocycles. The summed E-state index contributed by atoms with van der Waals surface area (Å²) < 4.78 is 12.1. The van der Waals surface area contributed by atoms with Gasteiger partial charge in [-0.1, -0.05) is 60.7 Å². The predicted molar refractivity (Wildman–Crippen MR) is 109 cm³/mol. The average molecular weight is 390 g/mol. The Hall–Kier alpha value is -1.88. The van der Waals surface area contributed by atoms with E-state index in [1.165, 1.54) is 0 Å². The smallest absolute Gasteiger partial charge is 0.348 e. The normalized spacial score (nSPS) is 15.8. The second-order valence-corrected chi connectivity index (χ2v) is 6.75. The zero-order chi connectivity index (χ0) is 18.4. The minimum absolute atomic E-state index is 0. The topological polar surface area (TPSA) is 38.8 Å². The molecule has 0 amide bonds. The number of carbonyl (C=O) groups excluding carboxylic acids is 1. The molecule has 2 aromatic carbocycles. The van der Waals surface area contributed by atoms with Crippen LogP contribution in [0.3, 0.4) is 0 Å². The fourth-order valence-corrected chi connectivity index (χ4v) is 3.53. The largest absolute Gasteiger partial charge is 0.460 e. The van der Waals surface area contributed by atoms with Gasteiger partial charge in [-0.25, -0.2) is 4.79 Å². The minimum atomic E-state index is -1.24. The molecule has 0 atom stereocenters. The van der Waals surface area contributed by atoms with E-state index in [1.54, 1.807) is 0 Å². The van der Waals surface area contributed by atoms with E-state index < -0.39 is 5.60 Å². The van der Waals surface area contributed by atoms with Crippen molar-refractivity contribution < 1.29 is 14.3 Å². The van der Waals surface area contributed by atoms with Crippen LogP contribution in [0.25, 0.3) is 0 Å². The zero-order valence-electron chi connectivity index (χ0n) is 16.0. The molecule has 5 heteroatoms. The number of rotatable bonds is 6. The lowest BCUT2D eigenvalue weighted by Crippen LogP contribution is -2.45. The van der Waals surface area contributed by atoms with Crippen LogP contribution in [-0.2, 0) is 19.9 Å². The standard InChI is InChI=1S/C22H27NO3.ClH/c1-3-25-22(18-10-6-4-7-11-18,19-12-8-5-9-13-19)21(24)26-20-14-16-23(2)17-15-20;/h4-13,20H,3,14-17H2,1-2H3;1H.